The molecular formula is C26H29N7O3. The molecule has 1 saturated heterocycles. The highest BCUT2D eigenvalue weighted by atomic mass is 16.5. The largest absolute Gasteiger partial charge is 0.438 e. The molecule has 1 aliphatic heterocycles. The highest BCUT2D eigenvalue weighted by molar-refractivity contribution is 5.79. The smallest absolute Gasteiger partial charge is 0.371 e. The number of fused-ring (bicyclic) bond motifs is 1. The monoisotopic (exact) mass is 487 g/mol. The summed E-state index contributed by atoms with van der Waals surface area (Å²) in [6.45, 7) is 3.68. The van der Waals surface area contributed by atoms with E-state index in [9.17, 15) is 9.59 Å². The van der Waals surface area contributed by atoms with Crippen molar-refractivity contribution in [1.82, 2.24) is 24.7 Å². The van der Waals surface area contributed by atoms with Gasteiger partial charge in [-0.2, -0.15) is 4.98 Å². The van der Waals surface area contributed by atoms with Gasteiger partial charge in [0.25, 0.3) is 5.56 Å². The number of benzene rings is 1. The van der Waals surface area contributed by atoms with Gasteiger partial charge < -0.3 is 10.2 Å². The normalized spacial score (nSPS) is 17.2. The maximum atomic E-state index is 12.9. The second-order valence-corrected chi connectivity index (χ2v) is 9.82. The zero-order valence-electron chi connectivity index (χ0n) is 20.2. The molecule has 0 unspecified atom stereocenters. The summed E-state index contributed by atoms with van der Waals surface area (Å²) in [5.41, 5.74) is 3.64. The first-order valence-corrected chi connectivity index (χ1v) is 12.6. The van der Waals surface area contributed by atoms with Crippen molar-refractivity contribution in [3.63, 3.8) is 0 Å². The number of H-pyrrole nitrogens is 1. The Kier molecular flexibility index (Phi) is 5.79. The van der Waals surface area contributed by atoms with Crippen LogP contribution in [0.15, 0.2) is 50.6 Å². The van der Waals surface area contributed by atoms with Crippen LogP contribution >= 0.6 is 0 Å². The van der Waals surface area contributed by atoms with Crippen LogP contribution in [0, 0.1) is 6.92 Å². The average molecular weight is 488 g/mol. The lowest BCUT2D eigenvalue weighted by Crippen LogP contribution is -2.33. The van der Waals surface area contributed by atoms with Crippen molar-refractivity contribution in [2.24, 2.45) is 0 Å². The van der Waals surface area contributed by atoms with Crippen molar-refractivity contribution in [1.29, 1.82) is 0 Å². The molecule has 0 radical (unpaired) electrons. The minimum atomic E-state index is -0.497. The first kappa shape index (κ1) is 22.5. The minimum absolute atomic E-state index is 0.0135. The van der Waals surface area contributed by atoms with Crippen molar-refractivity contribution >= 4 is 28.4 Å². The fourth-order valence-corrected chi connectivity index (χ4v) is 5.56. The van der Waals surface area contributed by atoms with Crippen molar-refractivity contribution in [2.75, 3.05) is 23.3 Å². The Morgan fingerprint density at radius 3 is 2.50 bits per heavy atom. The van der Waals surface area contributed by atoms with E-state index in [1.807, 2.05) is 29.8 Å². The molecule has 10 heteroatoms. The van der Waals surface area contributed by atoms with Crippen LogP contribution in [-0.4, -0.2) is 37.8 Å². The van der Waals surface area contributed by atoms with Gasteiger partial charge in [-0.15, -0.1) is 0 Å². The Labute approximate surface area is 207 Å². The summed E-state index contributed by atoms with van der Waals surface area (Å²) in [5.74, 6) is 0.837. The highest BCUT2D eigenvalue weighted by Gasteiger charge is 2.24. The zero-order chi connectivity index (χ0) is 24.6. The van der Waals surface area contributed by atoms with Gasteiger partial charge in [-0.05, 0) is 62.4 Å². The molecule has 1 aliphatic carbocycles. The fourth-order valence-electron chi connectivity index (χ4n) is 5.56. The van der Waals surface area contributed by atoms with Gasteiger partial charge in [0.05, 0.1) is 0 Å². The van der Waals surface area contributed by atoms with E-state index >= 15 is 0 Å². The third-order valence-corrected chi connectivity index (χ3v) is 7.52. The summed E-state index contributed by atoms with van der Waals surface area (Å²) in [7, 11) is 0. The van der Waals surface area contributed by atoms with Gasteiger partial charge in [0.2, 0.25) is 5.95 Å². The van der Waals surface area contributed by atoms with Crippen LogP contribution in [-0.2, 0) is 0 Å². The lowest BCUT2D eigenvalue weighted by Gasteiger charge is -2.32. The van der Waals surface area contributed by atoms with Crippen molar-refractivity contribution < 1.29 is 4.52 Å². The summed E-state index contributed by atoms with van der Waals surface area (Å²) in [6.07, 6.45) is 7.93. The van der Waals surface area contributed by atoms with Crippen LogP contribution in [0.1, 0.15) is 61.9 Å². The molecule has 0 amide bonds. The zero-order valence-corrected chi connectivity index (χ0v) is 20.2. The fraction of sp³-hybridized carbons (Fsp3) is 0.423. The summed E-state index contributed by atoms with van der Waals surface area (Å²) in [5, 5.41) is 8.07. The predicted octanol–water partition coefficient (Wildman–Crippen LogP) is 4.02. The van der Waals surface area contributed by atoms with E-state index in [2.05, 4.69) is 42.0 Å². The first-order chi connectivity index (χ1) is 17.5. The van der Waals surface area contributed by atoms with Gasteiger partial charge in [-0.3, -0.25) is 18.9 Å². The van der Waals surface area contributed by atoms with Crippen LogP contribution in [0.25, 0.3) is 11.0 Å². The first-order valence-electron chi connectivity index (χ1n) is 12.6. The summed E-state index contributed by atoms with van der Waals surface area (Å²) in [6, 6.07) is 10.1. The summed E-state index contributed by atoms with van der Waals surface area (Å²) in [4.78, 5) is 38.4. The number of aryl methyl sites for hydroxylation is 1. The van der Waals surface area contributed by atoms with Crippen LogP contribution in [0.3, 0.4) is 0 Å². The van der Waals surface area contributed by atoms with E-state index in [0.29, 0.717) is 17.4 Å². The van der Waals surface area contributed by atoms with Crippen molar-refractivity contribution in [2.45, 2.75) is 57.4 Å². The number of anilines is 3. The van der Waals surface area contributed by atoms with E-state index in [1.165, 1.54) is 0 Å². The SMILES string of the molecule is Cc1cc(=O)n(C2CCCC2)c2nc(Nc3ccc(N4CCC(c5noc(=O)[nH]5)CC4)cc3)ncc12. The van der Waals surface area contributed by atoms with Gasteiger partial charge in [0.1, 0.15) is 5.65 Å². The second-order valence-electron chi connectivity index (χ2n) is 9.82. The molecule has 4 heterocycles. The molecule has 1 aromatic carbocycles. The van der Waals surface area contributed by atoms with Crippen molar-refractivity contribution in [3.8, 4) is 0 Å². The number of aromatic nitrogens is 5. The Morgan fingerprint density at radius 2 is 1.81 bits per heavy atom. The van der Waals surface area contributed by atoms with Crippen molar-refractivity contribution in [3.05, 3.63) is 68.8 Å². The average Bonchev–Trinajstić information content (AvgIpc) is 3.57. The number of hydrogen-bond donors (Lipinski definition) is 2. The van der Waals surface area contributed by atoms with E-state index in [0.717, 1.165) is 73.9 Å². The van der Waals surface area contributed by atoms with Gasteiger partial charge in [0.15, 0.2) is 5.82 Å². The summed E-state index contributed by atoms with van der Waals surface area (Å²) < 4.78 is 6.51. The van der Waals surface area contributed by atoms with Crippen LogP contribution in [0.2, 0.25) is 0 Å². The molecule has 4 aromatic rings. The Hall–Kier alpha value is -3.95. The van der Waals surface area contributed by atoms with Crippen LogP contribution < -0.4 is 21.5 Å². The van der Waals surface area contributed by atoms with E-state index < -0.39 is 5.76 Å². The van der Waals surface area contributed by atoms with Crippen LogP contribution in [0.5, 0.6) is 0 Å². The topological polar surface area (TPSA) is 122 Å². The molecule has 2 fully saturated rings. The molecule has 2 N–H and O–H groups in total. The molecule has 0 atom stereocenters. The number of nitrogens with one attached hydrogen (secondary N) is 2. The van der Waals surface area contributed by atoms with Gasteiger partial charge in [0, 0.05) is 54.1 Å². The molecule has 0 bridgehead atoms. The number of pyridine rings is 1. The van der Waals surface area contributed by atoms with Gasteiger partial charge in [-0.1, -0.05) is 18.0 Å². The number of piperidine rings is 1. The van der Waals surface area contributed by atoms with Gasteiger partial charge in [-0.25, -0.2) is 9.78 Å². The maximum Gasteiger partial charge on any atom is 0.438 e. The maximum absolute atomic E-state index is 12.9. The Bertz CT molecular complexity index is 1490. The third kappa shape index (κ3) is 4.27. The molecule has 2 aliphatic rings. The highest BCUT2D eigenvalue weighted by Crippen LogP contribution is 2.32. The lowest BCUT2D eigenvalue weighted by molar-refractivity contribution is 0.370. The molecular weight excluding hydrogens is 458 g/mol. The number of aromatic amines is 1. The van der Waals surface area contributed by atoms with Gasteiger partial charge >= 0.3 is 5.76 Å². The number of rotatable bonds is 5. The quantitative estimate of drug-likeness (QED) is 0.433. The number of hydrogen-bond acceptors (Lipinski definition) is 8. The molecule has 1 saturated carbocycles. The molecule has 10 nitrogen and oxygen atoms in total. The standard InChI is InChI=1S/C26H29N7O3/c1-16-14-22(34)33(20-4-2-3-5-20)24-21(16)15-27-25(30-24)28-18-6-8-19(9-7-18)32-12-10-17(11-13-32)23-29-26(35)36-31-23/h6-9,14-15,17,20H,2-5,10-13H2,1H3,(H,27,28,30)(H,29,31,35). The minimum Gasteiger partial charge on any atom is -0.371 e. The number of nitrogens with zero attached hydrogens (tertiary/aromatic N) is 5. The van der Waals surface area contributed by atoms with E-state index in [4.69, 9.17) is 4.98 Å². The lowest BCUT2D eigenvalue weighted by atomic mass is 9.96. The second kappa shape index (κ2) is 9.25. The Morgan fingerprint density at radius 1 is 1.06 bits per heavy atom. The molecule has 36 heavy (non-hydrogen) atoms. The van der Waals surface area contributed by atoms with E-state index in [-0.39, 0.29) is 17.5 Å². The predicted molar refractivity (Wildman–Crippen MR) is 137 cm³/mol. The molecule has 0 spiro atoms. The van der Waals surface area contributed by atoms with E-state index in [1.54, 1.807) is 6.07 Å². The van der Waals surface area contributed by atoms with Crippen LogP contribution in [0.4, 0.5) is 17.3 Å². The Balaban J connectivity index is 1.18. The molecule has 186 valence electrons. The molecule has 6 rings (SSSR count). The summed E-state index contributed by atoms with van der Waals surface area (Å²) >= 11 is 0. The molecule has 3 aromatic heterocycles. The third-order valence-electron chi connectivity index (χ3n) is 7.52.